The fourth-order valence-electron chi connectivity index (χ4n) is 2.92. The summed E-state index contributed by atoms with van der Waals surface area (Å²) in [6.45, 7) is 1.56. The van der Waals surface area contributed by atoms with E-state index in [4.69, 9.17) is 11.6 Å². The van der Waals surface area contributed by atoms with Crippen LogP contribution in [-0.4, -0.2) is 42.0 Å². The lowest BCUT2D eigenvalue weighted by molar-refractivity contribution is -0.137. The molecule has 144 valence electrons. The molecule has 0 atom stereocenters. The molecule has 0 spiro atoms. The van der Waals surface area contributed by atoms with E-state index in [1.54, 1.807) is 21.9 Å². The van der Waals surface area contributed by atoms with Crippen LogP contribution in [0.1, 0.15) is 11.1 Å². The summed E-state index contributed by atoms with van der Waals surface area (Å²) in [4.78, 5) is 19.6. The number of rotatable bonds is 3. The molecule has 0 saturated carbocycles. The van der Waals surface area contributed by atoms with Gasteiger partial charge < -0.3 is 9.80 Å². The number of carbonyl (C=O) groups is 1. The fourth-order valence-corrected chi connectivity index (χ4v) is 3.21. The van der Waals surface area contributed by atoms with Crippen molar-refractivity contribution < 1.29 is 22.4 Å². The largest absolute Gasteiger partial charge is 0.417 e. The Morgan fingerprint density at radius 2 is 1.85 bits per heavy atom. The van der Waals surface area contributed by atoms with Gasteiger partial charge in [-0.25, -0.2) is 9.37 Å². The van der Waals surface area contributed by atoms with E-state index in [-0.39, 0.29) is 23.2 Å². The average molecular weight is 402 g/mol. The van der Waals surface area contributed by atoms with E-state index in [0.717, 1.165) is 12.3 Å². The molecule has 0 unspecified atom stereocenters. The summed E-state index contributed by atoms with van der Waals surface area (Å²) in [7, 11) is 0. The van der Waals surface area contributed by atoms with Crippen molar-refractivity contribution in [3.8, 4) is 0 Å². The predicted molar refractivity (Wildman–Crippen MR) is 93.1 cm³/mol. The van der Waals surface area contributed by atoms with Crippen molar-refractivity contribution in [2.45, 2.75) is 12.6 Å². The molecule has 1 aliphatic rings. The highest BCUT2D eigenvalue weighted by Crippen LogP contribution is 2.33. The molecule has 0 radical (unpaired) electrons. The number of benzene rings is 1. The summed E-state index contributed by atoms with van der Waals surface area (Å²) in [5.41, 5.74) is -0.310. The molecular formula is C18H16ClF4N3O. The lowest BCUT2D eigenvalue weighted by Gasteiger charge is -2.36. The molecule has 3 rings (SSSR count). The number of hydrogen-bond acceptors (Lipinski definition) is 3. The minimum Gasteiger partial charge on any atom is -0.352 e. The van der Waals surface area contributed by atoms with Gasteiger partial charge >= 0.3 is 6.18 Å². The summed E-state index contributed by atoms with van der Waals surface area (Å²) >= 11 is 5.97. The van der Waals surface area contributed by atoms with Crippen LogP contribution in [0.3, 0.4) is 0 Å². The van der Waals surface area contributed by atoms with Crippen LogP contribution in [0.25, 0.3) is 0 Å². The molecule has 2 heterocycles. The summed E-state index contributed by atoms with van der Waals surface area (Å²) in [5.74, 6) is -0.262. The highest BCUT2D eigenvalue weighted by molar-refractivity contribution is 6.33. The number of anilines is 1. The smallest absolute Gasteiger partial charge is 0.352 e. The highest BCUT2D eigenvalue weighted by Gasteiger charge is 2.32. The van der Waals surface area contributed by atoms with Gasteiger partial charge in [-0.1, -0.05) is 23.7 Å². The summed E-state index contributed by atoms with van der Waals surface area (Å²) in [6.07, 6.45) is -3.66. The number of nitrogens with zero attached hydrogens (tertiary/aromatic N) is 3. The summed E-state index contributed by atoms with van der Waals surface area (Å²) in [6, 6.07) is 6.72. The van der Waals surface area contributed by atoms with Crippen LogP contribution in [0.4, 0.5) is 23.4 Å². The summed E-state index contributed by atoms with van der Waals surface area (Å²) in [5, 5.41) is -0.0793. The van der Waals surface area contributed by atoms with E-state index in [1.807, 2.05) is 0 Å². The zero-order chi connectivity index (χ0) is 19.6. The number of halogens is 5. The standard InChI is InChI=1S/C18H16ClF4N3O/c19-15-10-13(18(21,22)23)11-24-17(15)26-6-4-25(5-7-26)16(27)9-12-2-1-3-14(20)8-12/h1-3,8,10-11H,4-7,9H2. The number of amides is 1. The van der Waals surface area contributed by atoms with Crippen LogP contribution in [0.2, 0.25) is 5.02 Å². The Morgan fingerprint density at radius 1 is 1.15 bits per heavy atom. The van der Waals surface area contributed by atoms with E-state index in [2.05, 4.69) is 4.98 Å². The zero-order valence-electron chi connectivity index (χ0n) is 14.1. The Hall–Kier alpha value is -2.35. The van der Waals surface area contributed by atoms with Gasteiger partial charge in [-0.2, -0.15) is 13.2 Å². The number of alkyl halides is 3. The first-order chi connectivity index (χ1) is 12.7. The van der Waals surface area contributed by atoms with Gasteiger partial charge in [0.2, 0.25) is 5.91 Å². The first-order valence-electron chi connectivity index (χ1n) is 8.24. The third-order valence-electron chi connectivity index (χ3n) is 4.33. The predicted octanol–water partition coefficient (Wildman–Crippen LogP) is 3.78. The molecule has 1 aliphatic heterocycles. The van der Waals surface area contributed by atoms with Crippen LogP contribution in [0, 0.1) is 5.82 Å². The zero-order valence-corrected chi connectivity index (χ0v) is 14.9. The molecule has 0 N–H and O–H groups in total. The number of piperazine rings is 1. The van der Waals surface area contributed by atoms with E-state index in [9.17, 15) is 22.4 Å². The van der Waals surface area contributed by atoms with Crippen molar-refractivity contribution in [1.29, 1.82) is 0 Å². The highest BCUT2D eigenvalue weighted by atomic mass is 35.5. The Labute approximate surface area is 158 Å². The van der Waals surface area contributed by atoms with Gasteiger partial charge in [0.25, 0.3) is 0 Å². The minimum atomic E-state index is -4.50. The minimum absolute atomic E-state index is 0.0793. The average Bonchev–Trinajstić information content (AvgIpc) is 2.61. The van der Waals surface area contributed by atoms with Gasteiger partial charge in [-0.3, -0.25) is 4.79 Å². The Balaban J connectivity index is 1.61. The second kappa shape index (κ2) is 7.72. The van der Waals surface area contributed by atoms with E-state index in [0.29, 0.717) is 31.7 Å². The second-order valence-corrected chi connectivity index (χ2v) is 6.61. The maximum absolute atomic E-state index is 13.2. The van der Waals surface area contributed by atoms with Crippen LogP contribution in [0.5, 0.6) is 0 Å². The quantitative estimate of drug-likeness (QED) is 0.734. The maximum atomic E-state index is 13.2. The van der Waals surface area contributed by atoms with Crippen molar-refractivity contribution in [3.63, 3.8) is 0 Å². The molecular weight excluding hydrogens is 386 g/mol. The van der Waals surface area contributed by atoms with Gasteiger partial charge in [0.15, 0.2) is 0 Å². The third kappa shape index (κ3) is 4.68. The molecule has 1 amide bonds. The number of carbonyl (C=O) groups excluding carboxylic acids is 1. The van der Waals surface area contributed by atoms with Gasteiger partial charge in [0.05, 0.1) is 17.0 Å². The van der Waals surface area contributed by atoms with Gasteiger partial charge in [0.1, 0.15) is 11.6 Å². The fraction of sp³-hybridized carbons (Fsp3) is 0.333. The molecule has 27 heavy (non-hydrogen) atoms. The van der Waals surface area contributed by atoms with Gasteiger partial charge in [0, 0.05) is 32.4 Å². The van der Waals surface area contributed by atoms with Crippen molar-refractivity contribution in [1.82, 2.24) is 9.88 Å². The Morgan fingerprint density at radius 3 is 2.44 bits per heavy atom. The number of aromatic nitrogens is 1. The second-order valence-electron chi connectivity index (χ2n) is 6.20. The van der Waals surface area contributed by atoms with E-state index in [1.165, 1.54) is 12.1 Å². The van der Waals surface area contributed by atoms with E-state index < -0.39 is 17.6 Å². The lowest BCUT2D eigenvalue weighted by Crippen LogP contribution is -2.49. The van der Waals surface area contributed by atoms with Crippen LogP contribution >= 0.6 is 11.6 Å². The molecule has 4 nitrogen and oxygen atoms in total. The number of pyridine rings is 1. The molecule has 9 heteroatoms. The monoisotopic (exact) mass is 401 g/mol. The van der Waals surface area contributed by atoms with Crippen molar-refractivity contribution in [3.05, 3.63) is 58.5 Å². The van der Waals surface area contributed by atoms with Crippen molar-refractivity contribution in [2.24, 2.45) is 0 Å². The normalized spacial score (nSPS) is 15.1. The van der Waals surface area contributed by atoms with Crippen LogP contribution < -0.4 is 4.90 Å². The molecule has 1 aromatic heterocycles. The third-order valence-corrected chi connectivity index (χ3v) is 4.60. The van der Waals surface area contributed by atoms with Crippen molar-refractivity contribution in [2.75, 3.05) is 31.1 Å². The molecule has 2 aromatic rings. The molecule has 1 aromatic carbocycles. The van der Waals surface area contributed by atoms with Gasteiger partial charge in [-0.05, 0) is 23.8 Å². The molecule has 0 aliphatic carbocycles. The number of hydrogen-bond donors (Lipinski definition) is 0. The van der Waals surface area contributed by atoms with Crippen LogP contribution in [-0.2, 0) is 17.4 Å². The van der Waals surface area contributed by atoms with Crippen molar-refractivity contribution >= 4 is 23.3 Å². The van der Waals surface area contributed by atoms with Crippen LogP contribution in [0.15, 0.2) is 36.5 Å². The van der Waals surface area contributed by atoms with Gasteiger partial charge in [-0.15, -0.1) is 0 Å². The van der Waals surface area contributed by atoms with E-state index >= 15 is 0 Å². The molecule has 1 fully saturated rings. The first-order valence-corrected chi connectivity index (χ1v) is 8.62. The summed E-state index contributed by atoms with van der Waals surface area (Å²) < 4.78 is 51.3. The SMILES string of the molecule is O=C(Cc1cccc(F)c1)N1CCN(c2ncc(C(F)(F)F)cc2Cl)CC1. The first kappa shape index (κ1) is 19.4. The maximum Gasteiger partial charge on any atom is 0.417 e. The lowest BCUT2D eigenvalue weighted by atomic mass is 10.1. The molecule has 0 bridgehead atoms. The Bertz CT molecular complexity index is 836. The molecule has 1 saturated heterocycles. The topological polar surface area (TPSA) is 36.4 Å². The Kier molecular flexibility index (Phi) is 5.55.